The highest BCUT2D eigenvalue weighted by Gasteiger charge is 2.13. The first kappa shape index (κ1) is 13.3. The largest absolute Gasteiger partial charge is 0.381 e. The minimum Gasteiger partial charge on any atom is -0.381 e. The smallest absolute Gasteiger partial charge is 0.248 e. The summed E-state index contributed by atoms with van der Waals surface area (Å²) in [6.45, 7) is 2.32. The number of carbonyl (C=O) groups excluding carboxylic acids is 1. The van der Waals surface area contributed by atoms with Crippen LogP contribution in [-0.2, 0) is 11.3 Å². The highest BCUT2D eigenvalue weighted by molar-refractivity contribution is 6.31. The van der Waals surface area contributed by atoms with Crippen LogP contribution in [0.4, 0.5) is 0 Å². The van der Waals surface area contributed by atoms with Gasteiger partial charge in [-0.1, -0.05) is 17.7 Å². The molecule has 1 aliphatic heterocycles. The van der Waals surface area contributed by atoms with Crippen molar-refractivity contribution in [3.05, 3.63) is 34.3 Å². The van der Waals surface area contributed by atoms with Gasteiger partial charge in [0.2, 0.25) is 5.91 Å². The Balaban J connectivity index is 1.94. The molecule has 0 bridgehead atoms. The summed E-state index contributed by atoms with van der Waals surface area (Å²) >= 11 is 6.12. The Hall–Kier alpha value is -1.10. The van der Waals surface area contributed by atoms with E-state index in [0.29, 0.717) is 23.2 Å². The van der Waals surface area contributed by atoms with E-state index in [1.54, 1.807) is 12.1 Å². The number of ether oxygens (including phenoxy) is 1. The van der Waals surface area contributed by atoms with E-state index in [1.807, 2.05) is 6.07 Å². The SMILES string of the molecule is NC(=O)c1ccc(CNC2CCOCC2)c(Cl)c1. The van der Waals surface area contributed by atoms with Gasteiger partial charge in [0.1, 0.15) is 0 Å². The van der Waals surface area contributed by atoms with Gasteiger partial charge in [-0.15, -0.1) is 0 Å². The van der Waals surface area contributed by atoms with E-state index in [0.717, 1.165) is 31.6 Å². The number of hydrogen-bond acceptors (Lipinski definition) is 3. The molecule has 1 fully saturated rings. The molecule has 1 aromatic rings. The molecule has 1 aromatic carbocycles. The molecule has 1 heterocycles. The molecule has 5 heteroatoms. The fourth-order valence-corrected chi connectivity index (χ4v) is 2.25. The Morgan fingerprint density at radius 3 is 2.78 bits per heavy atom. The minimum atomic E-state index is -0.458. The van der Waals surface area contributed by atoms with Crippen LogP contribution in [0.15, 0.2) is 18.2 Å². The molecule has 4 nitrogen and oxygen atoms in total. The number of primary amides is 1. The van der Waals surface area contributed by atoms with Crippen LogP contribution in [0.25, 0.3) is 0 Å². The van der Waals surface area contributed by atoms with Gasteiger partial charge < -0.3 is 15.8 Å². The van der Waals surface area contributed by atoms with Gasteiger partial charge in [-0.05, 0) is 30.5 Å². The van der Waals surface area contributed by atoms with Gasteiger partial charge in [0.25, 0.3) is 0 Å². The molecule has 1 saturated heterocycles. The van der Waals surface area contributed by atoms with Crippen LogP contribution in [0.2, 0.25) is 5.02 Å². The Morgan fingerprint density at radius 1 is 1.44 bits per heavy atom. The predicted octanol–water partition coefficient (Wildman–Crippen LogP) is 1.71. The lowest BCUT2D eigenvalue weighted by atomic mass is 10.1. The van der Waals surface area contributed by atoms with Gasteiger partial charge in [0, 0.05) is 36.4 Å². The topological polar surface area (TPSA) is 64.4 Å². The fraction of sp³-hybridized carbons (Fsp3) is 0.462. The Morgan fingerprint density at radius 2 is 2.17 bits per heavy atom. The number of carbonyl (C=O) groups is 1. The number of benzene rings is 1. The third-order valence-electron chi connectivity index (χ3n) is 3.14. The van der Waals surface area contributed by atoms with E-state index in [2.05, 4.69) is 5.32 Å². The van der Waals surface area contributed by atoms with Crippen molar-refractivity contribution in [1.82, 2.24) is 5.32 Å². The second kappa shape index (κ2) is 6.18. The van der Waals surface area contributed by atoms with Crippen LogP contribution in [0.3, 0.4) is 0 Å². The van der Waals surface area contributed by atoms with Crippen LogP contribution >= 0.6 is 11.6 Å². The zero-order valence-electron chi connectivity index (χ0n) is 10.1. The molecule has 0 unspecified atom stereocenters. The van der Waals surface area contributed by atoms with Crippen molar-refractivity contribution < 1.29 is 9.53 Å². The third kappa shape index (κ3) is 3.45. The third-order valence-corrected chi connectivity index (χ3v) is 3.49. The van der Waals surface area contributed by atoms with Crippen LogP contribution < -0.4 is 11.1 Å². The first-order chi connectivity index (χ1) is 8.66. The van der Waals surface area contributed by atoms with Gasteiger partial charge in [-0.2, -0.15) is 0 Å². The van der Waals surface area contributed by atoms with Gasteiger partial charge in [-0.25, -0.2) is 0 Å². The monoisotopic (exact) mass is 268 g/mol. The van der Waals surface area contributed by atoms with Crippen LogP contribution in [0.1, 0.15) is 28.8 Å². The number of halogens is 1. The molecule has 18 heavy (non-hydrogen) atoms. The average Bonchev–Trinajstić information content (AvgIpc) is 2.38. The summed E-state index contributed by atoms with van der Waals surface area (Å²) < 4.78 is 5.30. The fourth-order valence-electron chi connectivity index (χ4n) is 2.00. The first-order valence-electron chi connectivity index (χ1n) is 6.06. The summed E-state index contributed by atoms with van der Waals surface area (Å²) in [5, 5.41) is 4.02. The normalized spacial score (nSPS) is 16.7. The summed E-state index contributed by atoms with van der Waals surface area (Å²) in [4.78, 5) is 11.0. The average molecular weight is 269 g/mol. The highest BCUT2D eigenvalue weighted by Crippen LogP contribution is 2.18. The molecule has 0 aliphatic carbocycles. The molecule has 0 radical (unpaired) electrons. The lowest BCUT2D eigenvalue weighted by Gasteiger charge is -2.23. The molecular weight excluding hydrogens is 252 g/mol. The molecule has 0 aromatic heterocycles. The second-order valence-electron chi connectivity index (χ2n) is 4.44. The van der Waals surface area contributed by atoms with Gasteiger partial charge in [-0.3, -0.25) is 4.79 Å². The number of amides is 1. The van der Waals surface area contributed by atoms with Crippen LogP contribution in [0, 0.1) is 0 Å². The Labute approximate surface area is 111 Å². The number of nitrogens with two attached hydrogens (primary N) is 1. The molecule has 0 atom stereocenters. The second-order valence-corrected chi connectivity index (χ2v) is 4.85. The molecule has 2 rings (SSSR count). The van der Waals surface area contributed by atoms with Crippen molar-refractivity contribution in [1.29, 1.82) is 0 Å². The van der Waals surface area contributed by atoms with E-state index in [1.165, 1.54) is 0 Å². The molecular formula is C13H17ClN2O2. The van der Waals surface area contributed by atoms with Crippen molar-refractivity contribution >= 4 is 17.5 Å². The maximum Gasteiger partial charge on any atom is 0.248 e. The lowest BCUT2D eigenvalue weighted by Crippen LogP contribution is -2.34. The predicted molar refractivity (Wildman–Crippen MR) is 70.7 cm³/mol. The maximum absolute atomic E-state index is 11.0. The van der Waals surface area contributed by atoms with Crippen molar-refractivity contribution in [2.24, 2.45) is 5.73 Å². The summed E-state index contributed by atoms with van der Waals surface area (Å²) in [7, 11) is 0. The van der Waals surface area contributed by atoms with Crippen molar-refractivity contribution in [2.75, 3.05) is 13.2 Å². The lowest BCUT2D eigenvalue weighted by molar-refractivity contribution is 0.0776. The standard InChI is InChI=1S/C13H17ClN2O2/c14-12-7-9(13(15)17)1-2-10(12)8-16-11-3-5-18-6-4-11/h1-2,7,11,16H,3-6,8H2,(H2,15,17). The minimum absolute atomic E-state index is 0.440. The van der Waals surface area contributed by atoms with E-state index in [4.69, 9.17) is 22.1 Å². The maximum atomic E-state index is 11.0. The zero-order valence-corrected chi connectivity index (χ0v) is 10.9. The van der Waals surface area contributed by atoms with Crippen LogP contribution in [0.5, 0.6) is 0 Å². The summed E-state index contributed by atoms with van der Waals surface area (Å²) in [6.07, 6.45) is 2.05. The van der Waals surface area contributed by atoms with E-state index < -0.39 is 5.91 Å². The van der Waals surface area contributed by atoms with Crippen molar-refractivity contribution in [3.63, 3.8) is 0 Å². The first-order valence-corrected chi connectivity index (χ1v) is 6.44. The molecule has 98 valence electrons. The van der Waals surface area contributed by atoms with Crippen molar-refractivity contribution in [3.8, 4) is 0 Å². The molecule has 3 N–H and O–H groups in total. The van der Waals surface area contributed by atoms with Gasteiger partial charge >= 0.3 is 0 Å². The molecule has 1 amide bonds. The van der Waals surface area contributed by atoms with Gasteiger partial charge in [0.15, 0.2) is 0 Å². The molecule has 1 aliphatic rings. The zero-order chi connectivity index (χ0) is 13.0. The molecule has 0 saturated carbocycles. The van der Waals surface area contributed by atoms with Crippen LogP contribution in [-0.4, -0.2) is 25.2 Å². The summed E-state index contributed by atoms with van der Waals surface area (Å²) in [5.74, 6) is -0.458. The Bertz CT molecular complexity index is 431. The Kier molecular flexibility index (Phi) is 4.58. The van der Waals surface area contributed by atoms with Gasteiger partial charge in [0.05, 0.1) is 0 Å². The number of rotatable bonds is 4. The van der Waals surface area contributed by atoms with E-state index in [9.17, 15) is 4.79 Å². The van der Waals surface area contributed by atoms with E-state index in [-0.39, 0.29) is 0 Å². The quantitative estimate of drug-likeness (QED) is 0.874. The number of nitrogens with one attached hydrogen (secondary N) is 1. The summed E-state index contributed by atoms with van der Waals surface area (Å²) in [5.41, 5.74) is 6.62. The van der Waals surface area contributed by atoms with E-state index >= 15 is 0 Å². The molecule has 0 spiro atoms. The summed E-state index contributed by atoms with van der Waals surface area (Å²) in [6, 6.07) is 5.64. The number of hydrogen-bond donors (Lipinski definition) is 2. The highest BCUT2D eigenvalue weighted by atomic mass is 35.5. The van der Waals surface area contributed by atoms with Crippen molar-refractivity contribution in [2.45, 2.75) is 25.4 Å².